The molecule has 2 aromatic heterocycles. The van der Waals surface area contributed by atoms with Gasteiger partial charge >= 0.3 is 0 Å². The highest BCUT2D eigenvalue weighted by Crippen LogP contribution is 2.33. The first-order chi connectivity index (χ1) is 14.6. The van der Waals surface area contributed by atoms with Gasteiger partial charge in [0, 0.05) is 22.2 Å². The molecule has 0 aliphatic rings. The largest absolute Gasteiger partial charge is 0.251 e. The predicted octanol–water partition coefficient (Wildman–Crippen LogP) is 7.30. The number of benzene rings is 2. The summed E-state index contributed by atoms with van der Waals surface area (Å²) in [5, 5.41) is 2.29. The number of hydrogen-bond donors (Lipinski definition) is 0. The Hall–Kier alpha value is -3.52. The first-order valence-electron chi connectivity index (χ1n) is 10.3. The Morgan fingerprint density at radius 2 is 1.57 bits per heavy atom. The third kappa shape index (κ3) is 3.81. The number of rotatable bonds is 5. The standard InChI is InChI=1S/C28H26N2/c1-5-7-11-21(6-2)18-23-16-19(3)29-27-24(23)14-15-25-26(17-20(4)30-28(25)27)22-12-9-8-10-13-22/h5-17H,2,18H2,1,3-4H3/b7-5-,21-11+. The van der Waals surface area contributed by atoms with E-state index in [-0.39, 0.29) is 0 Å². The van der Waals surface area contributed by atoms with E-state index < -0.39 is 0 Å². The average Bonchev–Trinajstić information content (AvgIpc) is 2.76. The minimum absolute atomic E-state index is 0.816. The summed E-state index contributed by atoms with van der Waals surface area (Å²) in [6.45, 7) is 10.1. The van der Waals surface area contributed by atoms with Crippen molar-refractivity contribution in [3.63, 3.8) is 0 Å². The Balaban J connectivity index is 1.98. The van der Waals surface area contributed by atoms with Crippen LogP contribution in [0.1, 0.15) is 23.9 Å². The van der Waals surface area contributed by atoms with Crippen LogP contribution in [0.4, 0.5) is 0 Å². The van der Waals surface area contributed by atoms with Crippen molar-refractivity contribution in [3.8, 4) is 11.1 Å². The second kappa shape index (κ2) is 8.46. The summed E-state index contributed by atoms with van der Waals surface area (Å²) in [4.78, 5) is 9.83. The van der Waals surface area contributed by atoms with Gasteiger partial charge in [0.1, 0.15) is 0 Å². The molecule has 0 bridgehead atoms. The number of aryl methyl sites for hydroxylation is 2. The van der Waals surface area contributed by atoms with Crippen molar-refractivity contribution >= 4 is 21.8 Å². The number of nitrogens with zero attached hydrogens (tertiary/aromatic N) is 2. The van der Waals surface area contributed by atoms with Crippen LogP contribution >= 0.6 is 0 Å². The molecule has 0 aliphatic carbocycles. The van der Waals surface area contributed by atoms with Crippen molar-refractivity contribution in [1.82, 2.24) is 9.97 Å². The lowest BCUT2D eigenvalue weighted by Crippen LogP contribution is -1.97. The maximum Gasteiger partial charge on any atom is 0.0974 e. The molecule has 0 aliphatic heterocycles. The van der Waals surface area contributed by atoms with Gasteiger partial charge in [-0.3, -0.25) is 9.97 Å². The van der Waals surface area contributed by atoms with Crippen LogP contribution in [-0.2, 0) is 6.42 Å². The van der Waals surface area contributed by atoms with Gasteiger partial charge in [-0.05, 0) is 61.6 Å². The van der Waals surface area contributed by atoms with Crippen LogP contribution in [0.3, 0.4) is 0 Å². The van der Waals surface area contributed by atoms with Crippen molar-refractivity contribution in [3.05, 3.63) is 108 Å². The fourth-order valence-corrected chi connectivity index (χ4v) is 3.96. The molecule has 4 aromatic rings. The van der Waals surface area contributed by atoms with E-state index in [1.165, 1.54) is 22.3 Å². The van der Waals surface area contributed by atoms with Crippen LogP contribution in [-0.4, -0.2) is 9.97 Å². The van der Waals surface area contributed by atoms with Crippen LogP contribution < -0.4 is 0 Å². The number of hydrogen-bond acceptors (Lipinski definition) is 2. The zero-order valence-corrected chi connectivity index (χ0v) is 17.8. The van der Waals surface area contributed by atoms with Crippen LogP contribution in [0, 0.1) is 13.8 Å². The minimum atomic E-state index is 0.816. The highest BCUT2D eigenvalue weighted by atomic mass is 14.8. The molecular weight excluding hydrogens is 364 g/mol. The van der Waals surface area contributed by atoms with E-state index >= 15 is 0 Å². The second-order valence-electron chi connectivity index (χ2n) is 7.61. The quantitative estimate of drug-likeness (QED) is 0.264. The van der Waals surface area contributed by atoms with Crippen LogP contribution in [0.25, 0.3) is 32.9 Å². The number of pyridine rings is 2. The Bertz CT molecular complexity index is 1300. The molecule has 0 radical (unpaired) electrons. The Labute approximate surface area is 178 Å². The van der Waals surface area contributed by atoms with Crippen molar-refractivity contribution in [2.45, 2.75) is 27.2 Å². The molecule has 2 heteroatoms. The van der Waals surface area contributed by atoms with E-state index in [9.17, 15) is 0 Å². The maximum atomic E-state index is 4.91. The Morgan fingerprint density at radius 1 is 0.900 bits per heavy atom. The first kappa shape index (κ1) is 19.8. The van der Waals surface area contributed by atoms with Gasteiger partial charge in [-0.2, -0.15) is 0 Å². The van der Waals surface area contributed by atoms with Crippen LogP contribution in [0.15, 0.2) is 91.1 Å². The van der Waals surface area contributed by atoms with E-state index in [0.717, 1.165) is 39.6 Å². The maximum absolute atomic E-state index is 4.91. The van der Waals surface area contributed by atoms with Gasteiger partial charge in [0.05, 0.1) is 11.0 Å². The van der Waals surface area contributed by atoms with E-state index in [1.807, 2.05) is 25.1 Å². The van der Waals surface area contributed by atoms with E-state index in [4.69, 9.17) is 9.97 Å². The lowest BCUT2D eigenvalue weighted by molar-refractivity contribution is 1.16. The molecule has 0 fully saturated rings. The first-order valence-corrected chi connectivity index (χ1v) is 10.3. The van der Waals surface area contributed by atoms with Gasteiger partial charge in [0.15, 0.2) is 0 Å². The van der Waals surface area contributed by atoms with Crippen molar-refractivity contribution in [2.75, 3.05) is 0 Å². The molecule has 0 saturated carbocycles. The number of aromatic nitrogens is 2. The van der Waals surface area contributed by atoms with E-state index in [0.29, 0.717) is 0 Å². The molecule has 0 unspecified atom stereocenters. The van der Waals surface area contributed by atoms with Gasteiger partial charge in [-0.15, -0.1) is 0 Å². The van der Waals surface area contributed by atoms with Crippen molar-refractivity contribution in [1.29, 1.82) is 0 Å². The summed E-state index contributed by atoms with van der Waals surface area (Å²) in [5.74, 6) is 0. The lowest BCUT2D eigenvalue weighted by Gasteiger charge is -2.13. The summed E-state index contributed by atoms with van der Waals surface area (Å²) in [6, 6.07) is 19.2. The third-order valence-corrected chi connectivity index (χ3v) is 5.34. The molecule has 0 atom stereocenters. The fraction of sp³-hybridized carbons (Fsp3) is 0.143. The van der Waals surface area contributed by atoms with Crippen LogP contribution in [0.5, 0.6) is 0 Å². The second-order valence-corrected chi connectivity index (χ2v) is 7.61. The average molecular weight is 391 g/mol. The van der Waals surface area contributed by atoms with Gasteiger partial charge < -0.3 is 0 Å². The topological polar surface area (TPSA) is 25.8 Å². The molecule has 0 amide bonds. The van der Waals surface area contributed by atoms with Gasteiger partial charge in [0.2, 0.25) is 0 Å². The molecule has 0 spiro atoms. The SMILES string of the molecule is C=C/C(=C\C=C/C)Cc1cc(C)nc2c1ccc1c(-c3ccccc3)cc(C)nc12. The summed E-state index contributed by atoms with van der Waals surface area (Å²) in [6.07, 6.45) is 8.95. The highest BCUT2D eigenvalue weighted by molar-refractivity contribution is 6.09. The summed E-state index contributed by atoms with van der Waals surface area (Å²) >= 11 is 0. The molecule has 0 N–H and O–H groups in total. The summed E-state index contributed by atoms with van der Waals surface area (Å²) in [7, 11) is 0. The van der Waals surface area contributed by atoms with E-state index in [1.54, 1.807) is 0 Å². The minimum Gasteiger partial charge on any atom is -0.251 e. The molecule has 2 aromatic carbocycles. The van der Waals surface area contributed by atoms with Crippen LogP contribution in [0.2, 0.25) is 0 Å². The zero-order chi connectivity index (χ0) is 21.1. The Kier molecular flexibility index (Phi) is 5.58. The van der Waals surface area contributed by atoms with Gasteiger partial charge in [-0.1, -0.05) is 73.3 Å². The summed E-state index contributed by atoms with van der Waals surface area (Å²) < 4.78 is 0. The fourth-order valence-electron chi connectivity index (χ4n) is 3.96. The van der Waals surface area contributed by atoms with Gasteiger partial charge in [-0.25, -0.2) is 0 Å². The molecule has 0 saturated heterocycles. The smallest absolute Gasteiger partial charge is 0.0974 e. The summed E-state index contributed by atoms with van der Waals surface area (Å²) in [5.41, 5.74) is 8.77. The van der Waals surface area contributed by atoms with Crippen molar-refractivity contribution < 1.29 is 0 Å². The third-order valence-electron chi connectivity index (χ3n) is 5.34. The predicted molar refractivity (Wildman–Crippen MR) is 129 cm³/mol. The number of fused-ring (bicyclic) bond motifs is 3. The van der Waals surface area contributed by atoms with Gasteiger partial charge in [0.25, 0.3) is 0 Å². The zero-order valence-electron chi connectivity index (χ0n) is 17.8. The molecule has 30 heavy (non-hydrogen) atoms. The number of allylic oxidation sites excluding steroid dienone is 5. The molecule has 2 nitrogen and oxygen atoms in total. The molecule has 148 valence electrons. The lowest BCUT2D eigenvalue weighted by atomic mass is 9.95. The highest BCUT2D eigenvalue weighted by Gasteiger charge is 2.13. The molecule has 2 heterocycles. The Morgan fingerprint density at radius 3 is 2.27 bits per heavy atom. The van der Waals surface area contributed by atoms with Crippen molar-refractivity contribution in [2.24, 2.45) is 0 Å². The molecular formula is C28H26N2. The normalized spacial score (nSPS) is 12.2. The monoisotopic (exact) mass is 390 g/mol. The molecule has 4 rings (SSSR count). The van der Waals surface area contributed by atoms with E-state index in [2.05, 4.69) is 81.1 Å².